The zero-order chi connectivity index (χ0) is 32.5. The molecule has 11 rings (SSSR count). The number of ether oxygens (including phenoxy) is 1. The summed E-state index contributed by atoms with van der Waals surface area (Å²) in [7, 11) is 0. The lowest BCUT2D eigenvalue weighted by molar-refractivity contribution is 0.487. The van der Waals surface area contributed by atoms with Crippen molar-refractivity contribution in [2.75, 3.05) is 0 Å². The molecule has 49 heavy (non-hydrogen) atoms. The van der Waals surface area contributed by atoms with Gasteiger partial charge in [-0.05, 0) is 108 Å². The van der Waals surface area contributed by atoms with Crippen molar-refractivity contribution in [2.45, 2.75) is 20.8 Å². The van der Waals surface area contributed by atoms with E-state index in [4.69, 9.17) is 4.74 Å². The summed E-state index contributed by atoms with van der Waals surface area (Å²) in [5, 5.41) is 5.10. The number of fused-ring (bicyclic) bond motifs is 10. The first-order chi connectivity index (χ1) is 24.0. The van der Waals surface area contributed by atoms with Gasteiger partial charge >= 0.3 is 0 Å². The molecule has 0 aliphatic carbocycles. The van der Waals surface area contributed by atoms with Gasteiger partial charge in [0.05, 0.1) is 16.6 Å². The van der Waals surface area contributed by atoms with Gasteiger partial charge in [-0.3, -0.25) is 0 Å². The van der Waals surface area contributed by atoms with Gasteiger partial charge in [0.25, 0.3) is 6.71 Å². The first kappa shape index (κ1) is 27.0. The number of hydrogen-bond acceptors (Lipinski definition) is 1. The summed E-state index contributed by atoms with van der Waals surface area (Å²) in [6.07, 6.45) is 0. The monoisotopic (exact) mass is 626 g/mol. The number of aromatic nitrogens is 2. The molecule has 0 atom stereocenters. The van der Waals surface area contributed by atoms with E-state index in [9.17, 15) is 0 Å². The number of rotatable bonds is 2. The maximum Gasteiger partial charge on any atom is 0.256 e. The van der Waals surface area contributed by atoms with E-state index >= 15 is 0 Å². The number of nitrogens with zero attached hydrogens (tertiary/aromatic N) is 2. The minimum absolute atomic E-state index is 0.125. The number of benzene rings is 7. The molecule has 2 aliphatic heterocycles. The molecule has 0 spiro atoms. The molecule has 230 valence electrons. The number of hydrogen-bond donors (Lipinski definition) is 0. The highest BCUT2D eigenvalue weighted by Crippen LogP contribution is 2.41. The fourth-order valence-corrected chi connectivity index (χ4v) is 9.24. The van der Waals surface area contributed by atoms with Gasteiger partial charge in [-0.1, -0.05) is 90.5 Å². The predicted octanol–water partition coefficient (Wildman–Crippen LogP) is 9.41. The van der Waals surface area contributed by atoms with Gasteiger partial charge in [0, 0.05) is 38.4 Å². The standard InChI is InChI=1S/C45H31BN2O/c1-26-22-27(2)43(28(3)23-26)29-18-20-30(21-19-29)47-37-14-6-4-10-31(37)33-24-34-32-11-8-13-36-45(32)48(40(34)25-39(33)47)38-15-9-17-42-44(38)46(36)35-12-5-7-16-41(35)49-42/h4-25H,1-3H3. The lowest BCUT2D eigenvalue weighted by atomic mass is 9.34. The molecule has 4 heterocycles. The van der Waals surface area contributed by atoms with Crippen LogP contribution in [0.5, 0.6) is 11.5 Å². The van der Waals surface area contributed by atoms with Crippen LogP contribution in [0, 0.1) is 20.8 Å². The average molecular weight is 627 g/mol. The van der Waals surface area contributed by atoms with Gasteiger partial charge < -0.3 is 13.9 Å². The van der Waals surface area contributed by atoms with E-state index in [1.807, 2.05) is 0 Å². The van der Waals surface area contributed by atoms with Gasteiger partial charge in [0.1, 0.15) is 11.5 Å². The first-order valence-electron chi connectivity index (χ1n) is 17.1. The molecule has 0 unspecified atom stereocenters. The molecule has 0 radical (unpaired) electrons. The molecule has 0 saturated heterocycles. The Balaban J connectivity index is 1.20. The zero-order valence-electron chi connectivity index (χ0n) is 27.6. The molecule has 2 aromatic heterocycles. The van der Waals surface area contributed by atoms with Crippen LogP contribution in [0.4, 0.5) is 0 Å². The van der Waals surface area contributed by atoms with Crippen molar-refractivity contribution in [3.8, 4) is 34.0 Å². The van der Waals surface area contributed by atoms with Crippen molar-refractivity contribution in [3.05, 3.63) is 150 Å². The molecule has 7 aromatic carbocycles. The highest BCUT2D eigenvalue weighted by atomic mass is 16.5. The maximum atomic E-state index is 6.56. The van der Waals surface area contributed by atoms with Crippen LogP contribution in [0.1, 0.15) is 16.7 Å². The van der Waals surface area contributed by atoms with Crippen molar-refractivity contribution < 1.29 is 4.74 Å². The van der Waals surface area contributed by atoms with E-state index in [0.717, 1.165) is 17.2 Å². The van der Waals surface area contributed by atoms with Crippen LogP contribution in [0.15, 0.2) is 133 Å². The van der Waals surface area contributed by atoms with E-state index in [0.29, 0.717) is 0 Å². The fourth-order valence-electron chi connectivity index (χ4n) is 9.24. The Morgan fingerprint density at radius 2 is 1.18 bits per heavy atom. The Morgan fingerprint density at radius 3 is 2.04 bits per heavy atom. The summed E-state index contributed by atoms with van der Waals surface area (Å²) in [6.45, 7) is 6.74. The second-order valence-corrected chi connectivity index (χ2v) is 13.9. The predicted molar refractivity (Wildman–Crippen MR) is 206 cm³/mol. The third kappa shape index (κ3) is 3.53. The second kappa shape index (κ2) is 9.55. The lowest BCUT2D eigenvalue weighted by Gasteiger charge is -2.33. The number of para-hydroxylation sites is 3. The molecule has 4 heteroatoms. The van der Waals surface area contributed by atoms with Gasteiger partial charge in [0.15, 0.2) is 0 Å². The number of aryl methyl sites for hydroxylation is 3. The van der Waals surface area contributed by atoms with Crippen LogP contribution in [-0.4, -0.2) is 15.8 Å². The Bertz CT molecular complexity index is 2870. The van der Waals surface area contributed by atoms with Crippen LogP contribution in [0.25, 0.3) is 66.1 Å². The molecular formula is C45H31BN2O. The summed E-state index contributed by atoms with van der Waals surface area (Å²) < 4.78 is 11.5. The molecule has 9 aromatic rings. The average Bonchev–Trinajstić information content (AvgIpc) is 3.62. The molecule has 0 bridgehead atoms. The smallest absolute Gasteiger partial charge is 0.256 e. The third-order valence-electron chi connectivity index (χ3n) is 11.0. The van der Waals surface area contributed by atoms with Crippen LogP contribution < -0.4 is 21.1 Å². The zero-order valence-corrected chi connectivity index (χ0v) is 27.6. The van der Waals surface area contributed by atoms with Gasteiger partial charge in [-0.2, -0.15) is 0 Å². The van der Waals surface area contributed by atoms with Crippen LogP contribution in [0.2, 0.25) is 0 Å². The Kier molecular flexibility index (Phi) is 5.26. The van der Waals surface area contributed by atoms with Crippen LogP contribution in [0.3, 0.4) is 0 Å². The summed E-state index contributed by atoms with van der Waals surface area (Å²) in [5.41, 5.74) is 17.6. The van der Waals surface area contributed by atoms with Crippen molar-refractivity contribution in [1.82, 2.24) is 9.13 Å². The molecule has 0 amide bonds. The van der Waals surface area contributed by atoms with E-state index in [1.54, 1.807) is 0 Å². The topological polar surface area (TPSA) is 19.1 Å². The summed E-state index contributed by atoms with van der Waals surface area (Å²) in [5.74, 6) is 1.89. The van der Waals surface area contributed by atoms with E-state index < -0.39 is 0 Å². The molecule has 2 aliphatic rings. The van der Waals surface area contributed by atoms with E-state index in [-0.39, 0.29) is 6.71 Å². The quantitative estimate of drug-likeness (QED) is 0.175. The first-order valence-corrected chi connectivity index (χ1v) is 17.1. The van der Waals surface area contributed by atoms with Crippen LogP contribution in [-0.2, 0) is 0 Å². The Labute approximate surface area is 284 Å². The highest BCUT2D eigenvalue weighted by molar-refractivity contribution is 6.99. The van der Waals surface area contributed by atoms with E-state index in [1.165, 1.54) is 93.5 Å². The van der Waals surface area contributed by atoms with Gasteiger partial charge in [-0.25, -0.2) is 0 Å². The molecular weight excluding hydrogens is 595 g/mol. The molecule has 3 nitrogen and oxygen atoms in total. The summed E-state index contributed by atoms with van der Waals surface area (Å²) >= 11 is 0. The lowest BCUT2D eigenvalue weighted by Crippen LogP contribution is -2.58. The largest absolute Gasteiger partial charge is 0.458 e. The van der Waals surface area contributed by atoms with Crippen molar-refractivity contribution in [1.29, 1.82) is 0 Å². The molecule has 0 saturated carbocycles. The SMILES string of the molecule is Cc1cc(C)c(-c2ccc(-n3c4ccccc4c4cc5c6cccc7c6n(c5cc43)-c3cccc4c3B7c3ccccc3O4)cc2)c(C)c1. The minimum Gasteiger partial charge on any atom is -0.458 e. The summed E-state index contributed by atoms with van der Waals surface area (Å²) in [4.78, 5) is 0. The van der Waals surface area contributed by atoms with Crippen molar-refractivity contribution in [2.24, 2.45) is 0 Å². The fraction of sp³-hybridized carbons (Fsp3) is 0.0667. The van der Waals surface area contributed by atoms with Gasteiger partial charge in [-0.15, -0.1) is 0 Å². The highest BCUT2D eigenvalue weighted by Gasteiger charge is 2.40. The molecule has 0 N–H and O–H groups in total. The minimum atomic E-state index is 0.125. The normalized spacial score (nSPS) is 12.9. The van der Waals surface area contributed by atoms with E-state index in [2.05, 4.69) is 163 Å². The Hall–Kier alpha value is -6.00. The Morgan fingerprint density at radius 1 is 0.510 bits per heavy atom. The van der Waals surface area contributed by atoms with Crippen molar-refractivity contribution >= 4 is 66.7 Å². The maximum absolute atomic E-state index is 6.56. The van der Waals surface area contributed by atoms with Gasteiger partial charge in [0.2, 0.25) is 0 Å². The van der Waals surface area contributed by atoms with Crippen LogP contribution >= 0.6 is 0 Å². The van der Waals surface area contributed by atoms with Crippen molar-refractivity contribution in [3.63, 3.8) is 0 Å². The second-order valence-electron chi connectivity index (χ2n) is 13.9. The molecule has 0 fully saturated rings. The third-order valence-corrected chi connectivity index (χ3v) is 11.0. The summed E-state index contributed by atoms with van der Waals surface area (Å²) in [6, 6.07) is 49.3.